The number of fused-ring (bicyclic) bond motifs is 1. The number of rotatable bonds is 5. The van der Waals surface area contributed by atoms with E-state index in [1.54, 1.807) is 24.3 Å². The fourth-order valence-electron chi connectivity index (χ4n) is 3.79. The molecule has 2 atom stereocenters. The number of hydrogen-bond donors (Lipinski definition) is 0. The summed E-state index contributed by atoms with van der Waals surface area (Å²) in [6.45, 7) is 0.738. The SMILES string of the molecule is O=C1[C@@H]2CCCN2[C@@H](c2ccc([N+](=O)[O-])cc2)N1/N=C/c1ccc([N+](=O)[O-])cc1. The number of hydrogen-bond acceptors (Lipinski definition) is 7. The molecule has 2 aromatic carbocycles. The normalized spacial score (nSPS) is 21.7. The first-order chi connectivity index (χ1) is 14.0. The second-order valence-corrected chi connectivity index (χ2v) is 6.89. The van der Waals surface area contributed by atoms with E-state index in [9.17, 15) is 25.0 Å². The smallest absolute Gasteiger partial charge is 0.269 e. The van der Waals surface area contributed by atoms with Crippen LogP contribution in [0.25, 0.3) is 0 Å². The maximum Gasteiger partial charge on any atom is 0.269 e. The van der Waals surface area contributed by atoms with Crippen LogP contribution in [0.3, 0.4) is 0 Å². The number of nitro benzene ring substituents is 2. The average molecular weight is 395 g/mol. The topological polar surface area (TPSA) is 122 Å². The van der Waals surface area contributed by atoms with Gasteiger partial charge in [-0.3, -0.25) is 29.9 Å². The highest BCUT2D eigenvalue weighted by Gasteiger charge is 2.49. The predicted octanol–water partition coefficient (Wildman–Crippen LogP) is 2.84. The highest BCUT2D eigenvalue weighted by Crippen LogP contribution is 2.40. The van der Waals surface area contributed by atoms with E-state index in [4.69, 9.17) is 0 Å². The van der Waals surface area contributed by atoms with Crippen molar-refractivity contribution in [2.45, 2.75) is 25.0 Å². The molecule has 0 aliphatic carbocycles. The van der Waals surface area contributed by atoms with Gasteiger partial charge in [-0.25, -0.2) is 5.01 Å². The molecule has 1 amide bonds. The van der Waals surface area contributed by atoms with E-state index in [2.05, 4.69) is 10.0 Å². The lowest BCUT2D eigenvalue weighted by Crippen LogP contribution is -2.29. The molecule has 10 nitrogen and oxygen atoms in total. The summed E-state index contributed by atoms with van der Waals surface area (Å²) in [6.07, 6.45) is 2.69. The van der Waals surface area contributed by atoms with Crippen molar-refractivity contribution in [2.24, 2.45) is 5.10 Å². The summed E-state index contributed by atoms with van der Waals surface area (Å²) in [4.78, 5) is 35.7. The van der Waals surface area contributed by atoms with Crippen molar-refractivity contribution >= 4 is 23.5 Å². The Morgan fingerprint density at radius 2 is 1.55 bits per heavy atom. The highest BCUT2D eigenvalue weighted by molar-refractivity contribution is 5.87. The average Bonchev–Trinajstić information content (AvgIpc) is 3.29. The van der Waals surface area contributed by atoms with E-state index in [0.717, 1.165) is 24.9 Å². The Hall–Kier alpha value is -3.66. The number of nitro groups is 2. The fraction of sp³-hybridized carbons (Fsp3) is 0.263. The third kappa shape index (κ3) is 3.45. The first-order valence-corrected chi connectivity index (χ1v) is 9.07. The third-order valence-corrected chi connectivity index (χ3v) is 5.19. The lowest BCUT2D eigenvalue weighted by atomic mass is 10.1. The first kappa shape index (κ1) is 18.7. The summed E-state index contributed by atoms with van der Waals surface area (Å²) in [5.41, 5.74) is 1.33. The minimum atomic E-state index is -0.482. The standard InChI is InChI=1S/C19H17N5O5/c25-19-17-2-1-11-21(17)18(14-5-9-16(10-6-14)24(28)29)22(19)20-12-13-3-7-15(8-4-13)23(26)27/h3-10,12,17-18H,1-2,11H2/b20-12+/t17-,18+/m0/s1. The van der Waals surface area contributed by atoms with Crippen molar-refractivity contribution in [3.05, 3.63) is 79.9 Å². The lowest BCUT2D eigenvalue weighted by Gasteiger charge is -2.26. The molecule has 4 rings (SSSR count). The second kappa shape index (κ2) is 7.40. The lowest BCUT2D eigenvalue weighted by molar-refractivity contribution is -0.385. The van der Waals surface area contributed by atoms with Gasteiger partial charge in [-0.05, 0) is 48.2 Å². The Labute approximate surface area is 165 Å². The molecule has 2 fully saturated rings. The van der Waals surface area contributed by atoms with Gasteiger partial charge in [-0.15, -0.1) is 0 Å². The molecular weight excluding hydrogens is 378 g/mol. The van der Waals surface area contributed by atoms with Crippen molar-refractivity contribution in [3.63, 3.8) is 0 Å². The van der Waals surface area contributed by atoms with Crippen LogP contribution in [0.2, 0.25) is 0 Å². The van der Waals surface area contributed by atoms with Crippen LogP contribution >= 0.6 is 0 Å². The van der Waals surface area contributed by atoms with Gasteiger partial charge in [0, 0.05) is 30.8 Å². The molecule has 2 saturated heterocycles. The molecule has 0 spiro atoms. The van der Waals surface area contributed by atoms with Crippen molar-refractivity contribution in [1.82, 2.24) is 9.91 Å². The zero-order valence-corrected chi connectivity index (χ0v) is 15.2. The van der Waals surface area contributed by atoms with Gasteiger partial charge >= 0.3 is 0 Å². The quantitative estimate of drug-likeness (QED) is 0.436. The van der Waals surface area contributed by atoms with E-state index in [1.165, 1.54) is 35.5 Å². The second-order valence-electron chi connectivity index (χ2n) is 6.89. The van der Waals surface area contributed by atoms with Crippen LogP contribution in [0.1, 0.15) is 30.1 Å². The fourth-order valence-corrected chi connectivity index (χ4v) is 3.79. The molecule has 10 heteroatoms. The third-order valence-electron chi connectivity index (χ3n) is 5.19. The van der Waals surface area contributed by atoms with Crippen molar-refractivity contribution in [3.8, 4) is 0 Å². The number of amides is 1. The van der Waals surface area contributed by atoms with Crippen LogP contribution in [0.5, 0.6) is 0 Å². The summed E-state index contributed by atoms with van der Waals surface area (Å²) in [6, 6.07) is 11.7. The van der Waals surface area contributed by atoms with E-state index in [-0.39, 0.29) is 23.3 Å². The van der Waals surface area contributed by atoms with Gasteiger partial charge < -0.3 is 0 Å². The van der Waals surface area contributed by atoms with Gasteiger partial charge in [-0.1, -0.05) is 0 Å². The summed E-state index contributed by atoms with van der Waals surface area (Å²) in [5.74, 6) is -0.121. The molecule has 0 saturated carbocycles. The molecule has 0 unspecified atom stereocenters. The molecular formula is C19H17N5O5. The number of nitrogens with zero attached hydrogens (tertiary/aromatic N) is 5. The van der Waals surface area contributed by atoms with Crippen molar-refractivity contribution in [1.29, 1.82) is 0 Å². The van der Waals surface area contributed by atoms with Crippen molar-refractivity contribution in [2.75, 3.05) is 6.54 Å². The van der Waals surface area contributed by atoms with Gasteiger partial charge in [-0.2, -0.15) is 5.10 Å². The Balaban J connectivity index is 1.63. The minimum Gasteiger partial charge on any atom is -0.271 e. The van der Waals surface area contributed by atoms with Gasteiger partial charge in [0.15, 0.2) is 0 Å². The number of non-ortho nitro benzene ring substituents is 2. The van der Waals surface area contributed by atoms with Crippen LogP contribution in [0, 0.1) is 20.2 Å². The van der Waals surface area contributed by atoms with Crippen LogP contribution in [0.4, 0.5) is 11.4 Å². The Morgan fingerprint density at radius 3 is 2.14 bits per heavy atom. The molecule has 0 bridgehead atoms. The molecule has 2 aliphatic rings. The van der Waals surface area contributed by atoms with Gasteiger partial charge in [0.1, 0.15) is 6.17 Å². The Bertz CT molecular complexity index is 989. The van der Waals surface area contributed by atoms with Crippen LogP contribution in [-0.4, -0.2) is 44.5 Å². The molecule has 0 N–H and O–H groups in total. The van der Waals surface area contributed by atoms with Gasteiger partial charge in [0.05, 0.1) is 22.1 Å². The maximum absolute atomic E-state index is 12.9. The molecule has 2 heterocycles. The van der Waals surface area contributed by atoms with Crippen molar-refractivity contribution < 1.29 is 14.6 Å². The maximum atomic E-state index is 12.9. The highest BCUT2D eigenvalue weighted by atomic mass is 16.6. The van der Waals surface area contributed by atoms with Gasteiger partial charge in [0.2, 0.25) is 0 Å². The first-order valence-electron chi connectivity index (χ1n) is 9.07. The molecule has 148 valence electrons. The number of carbonyl (C=O) groups excluding carboxylic acids is 1. The molecule has 0 radical (unpaired) electrons. The van der Waals surface area contributed by atoms with Crippen LogP contribution in [0.15, 0.2) is 53.6 Å². The van der Waals surface area contributed by atoms with Crippen LogP contribution < -0.4 is 0 Å². The Kier molecular flexibility index (Phi) is 4.77. The summed E-state index contributed by atoms with van der Waals surface area (Å²) >= 11 is 0. The van der Waals surface area contributed by atoms with Crippen LogP contribution in [-0.2, 0) is 4.79 Å². The summed E-state index contributed by atoms with van der Waals surface area (Å²) in [7, 11) is 0. The van der Waals surface area contributed by atoms with E-state index < -0.39 is 16.0 Å². The zero-order chi connectivity index (χ0) is 20.5. The number of benzene rings is 2. The van der Waals surface area contributed by atoms with E-state index in [0.29, 0.717) is 5.56 Å². The zero-order valence-electron chi connectivity index (χ0n) is 15.2. The Morgan fingerprint density at radius 1 is 0.966 bits per heavy atom. The predicted molar refractivity (Wildman–Crippen MR) is 103 cm³/mol. The summed E-state index contributed by atoms with van der Waals surface area (Å²) < 4.78 is 0. The molecule has 2 aromatic rings. The number of hydrazone groups is 1. The van der Waals surface area contributed by atoms with E-state index in [1.807, 2.05) is 0 Å². The monoisotopic (exact) mass is 395 g/mol. The largest absolute Gasteiger partial charge is 0.271 e. The number of carbonyl (C=O) groups is 1. The molecule has 2 aliphatic heterocycles. The summed E-state index contributed by atoms with van der Waals surface area (Å²) in [5, 5.41) is 27.4. The van der Waals surface area contributed by atoms with E-state index >= 15 is 0 Å². The minimum absolute atomic E-state index is 0.0167. The molecule has 29 heavy (non-hydrogen) atoms. The van der Waals surface area contributed by atoms with Gasteiger partial charge in [0.25, 0.3) is 17.3 Å². The molecule has 0 aromatic heterocycles.